The van der Waals surface area contributed by atoms with Crippen molar-refractivity contribution in [1.82, 2.24) is 10.6 Å². The second kappa shape index (κ2) is 8.65. The molecule has 0 bridgehead atoms. The molecule has 2 aromatic carbocycles. The van der Waals surface area contributed by atoms with Gasteiger partial charge < -0.3 is 10.6 Å². The van der Waals surface area contributed by atoms with E-state index in [0.717, 1.165) is 24.0 Å². The van der Waals surface area contributed by atoms with Crippen LogP contribution in [0.2, 0.25) is 0 Å². The molecule has 2 aromatic rings. The highest BCUT2D eigenvalue weighted by atomic mass is 16.2. The van der Waals surface area contributed by atoms with Gasteiger partial charge >= 0.3 is 0 Å². The van der Waals surface area contributed by atoms with E-state index in [9.17, 15) is 9.59 Å². The third-order valence-electron chi connectivity index (χ3n) is 4.82. The fraction of sp³-hybridized carbons (Fsp3) is 0.364. The number of benzene rings is 2. The van der Waals surface area contributed by atoms with Crippen molar-refractivity contribution in [2.45, 2.75) is 45.6 Å². The Kier molecular flexibility index (Phi) is 6.05. The van der Waals surface area contributed by atoms with Gasteiger partial charge in [-0.3, -0.25) is 9.59 Å². The van der Waals surface area contributed by atoms with Gasteiger partial charge in [0.1, 0.15) is 0 Å². The number of amides is 2. The molecule has 0 atom stereocenters. The van der Waals surface area contributed by atoms with Gasteiger partial charge in [0.05, 0.1) is 6.42 Å². The fourth-order valence-corrected chi connectivity index (χ4v) is 3.38. The van der Waals surface area contributed by atoms with Crippen molar-refractivity contribution in [3.8, 4) is 0 Å². The topological polar surface area (TPSA) is 58.2 Å². The molecule has 2 amide bonds. The van der Waals surface area contributed by atoms with Crippen LogP contribution in [0.5, 0.6) is 0 Å². The van der Waals surface area contributed by atoms with E-state index in [1.54, 1.807) is 12.1 Å². The maximum absolute atomic E-state index is 12.2. The Morgan fingerprint density at radius 3 is 2.31 bits per heavy atom. The lowest BCUT2D eigenvalue weighted by atomic mass is 9.90. The van der Waals surface area contributed by atoms with Gasteiger partial charge in [0.25, 0.3) is 5.91 Å². The summed E-state index contributed by atoms with van der Waals surface area (Å²) in [5.41, 5.74) is 5.54. The van der Waals surface area contributed by atoms with Crippen LogP contribution in [0, 0.1) is 0 Å². The van der Waals surface area contributed by atoms with E-state index in [4.69, 9.17) is 0 Å². The molecule has 0 spiro atoms. The lowest BCUT2D eigenvalue weighted by Crippen LogP contribution is -2.25. The first-order chi connectivity index (χ1) is 12.7. The van der Waals surface area contributed by atoms with E-state index >= 15 is 0 Å². The molecule has 0 saturated carbocycles. The SMILES string of the molecule is CCNC(=O)c1ccc(CNC(=O)Cc2ccc3c(c2)CCCC3)cc1. The van der Waals surface area contributed by atoms with Crippen LogP contribution in [-0.2, 0) is 30.6 Å². The van der Waals surface area contributed by atoms with Gasteiger partial charge in [-0.15, -0.1) is 0 Å². The van der Waals surface area contributed by atoms with Crippen molar-refractivity contribution in [1.29, 1.82) is 0 Å². The van der Waals surface area contributed by atoms with E-state index in [2.05, 4.69) is 28.8 Å². The Bertz CT molecular complexity index is 781. The standard InChI is InChI=1S/C22H26N2O2/c1-2-23-22(26)19-11-7-16(8-12-19)15-24-21(25)14-17-9-10-18-5-3-4-6-20(18)13-17/h7-13H,2-6,14-15H2,1H3,(H,23,26)(H,24,25). The highest BCUT2D eigenvalue weighted by molar-refractivity contribution is 5.94. The molecule has 136 valence electrons. The van der Waals surface area contributed by atoms with E-state index in [0.29, 0.717) is 25.1 Å². The van der Waals surface area contributed by atoms with Gasteiger partial charge in [0.15, 0.2) is 0 Å². The normalized spacial score (nSPS) is 13.0. The van der Waals surface area contributed by atoms with Gasteiger partial charge in [-0.05, 0) is 67.0 Å². The molecule has 1 aliphatic carbocycles. The summed E-state index contributed by atoms with van der Waals surface area (Å²) < 4.78 is 0. The summed E-state index contributed by atoms with van der Waals surface area (Å²) in [6.07, 6.45) is 5.21. The number of carbonyl (C=O) groups is 2. The second-order valence-corrected chi connectivity index (χ2v) is 6.82. The molecule has 0 radical (unpaired) electrons. The Balaban J connectivity index is 1.52. The fourth-order valence-electron chi connectivity index (χ4n) is 3.38. The Morgan fingerprint density at radius 2 is 1.58 bits per heavy atom. The maximum atomic E-state index is 12.2. The summed E-state index contributed by atoms with van der Waals surface area (Å²) in [6.45, 7) is 2.98. The average molecular weight is 350 g/mol. The van der Waals surface area contributed by atoms with Crippen molar-refractivity contribution in [2.24, 2.45) is 0 Å². The molecular formula is C22H26N2O2. The number of nitrogens with one attached hydrogen (secondary N) is 2. The Hall–Kier alpha value is -2.62. The average Bonchev–Trinajstić information content (AvgIpc) is 2.67. The molecule has 3 rings (SSSR count). The molecule has 4 heteroatoms. The second-order valence-electron chi connectivity index (χ2n) is 6.82. The van der Waals surface area contributed by atoms with Crippen LogP contribution in [0.25, 0.3) is 0 Å². The van der Waals surface area contributed by atoms with Gasteiger partial charge in [0, 0.05) is 18.7 Å². The van der Waals surface area contributed by atoms with Crippen molar-refractivity contribution < 1.29 is 9.59 Å². The summed E-state index contributed by atoms with van der Waals surface area (Å²) in [5.74, 6) is -0.0518. The van der Waals surface area contributed by atoms with Crippen LogP contribution in [0.3, 0.4) is 0 Å². The van der Waals surface area contributed by atoms with Gasteiger partial charge in [-0.2, -0.15) is 0 Å². The molecule has 2 N–H and O–H groups in total. The summed E-state index contributed by atoms with van der Waals surface area (Å²) in [5, 5.41) is 5.73. The van der Waals surface area contributed by atoms with Gasteiger partial charge in [-0.25, -0.2) is 0 Å². The molecule has 0 heterocycles. The first-order valence-corrected chi connectivity index (χ1v) is 9.40. The van der Waals surface area contributed by atoms with E-state index in [1.807, 2.05) is 19.1 Å². The lowest BCUT2D eigenvalue weighted by molar-refractivity contribution is -0.120. The minimum Gasteiger partial charge on any atom is -0.352 e. The Morgan fingerprint density at radius 1 is 0.885 bits per heavy atom. The lowest BCUT2D eigenvalue weighted by Gasteiger charge is -2.16. The first kappa shape index (κ1) is 18.2. The number of rotatable bonds is 6. The highest BCUT2D eigenvalue weighted by Crippen LogP contribution is 2.22. The zero-order valence-corrected chi connectivity index (χ0v) is 15.3. The predicted molar refractivity (Wildman–Crippen MR) is 103 cm³/mol. The molecular weight excluding hydrogens is 324 g/mol. The molecule has 0 aliphatic heterocycles. The number of fused-ring (bicyclic) bond motifs is 1. The van der Waals surface area contributed by atoms with Crippen LogP contribution < -0.4 is 10.6 Å². The quantitative estimate of drug-likeness (QED) is 0.841. The third-order valence-corrected chi connectivity index (χ3v) is 4.82. The van der Waals surface area contributed by atoms with E-state index in [-0.39, 0.29) is 11.8 Å². The summed E-state index contributed by atoms with van der Waals surface area (Å²) in [7, 11) is 0. The predicted octanol–water partition coefficient (Wildman–Crippen LogP) is 3.17. The number of aryl methyl sites for hydroxylation is 2. The monoisotopic (exact) mass is 350 g/mol. The minimum absolute atomic E-state index is 0.0218. The summed E-state index contributed by atoms with van der Waals surface area (Å²) >= 11 is 0. The molecule has 0 unspecified atom stereocenters. The van der Waals surface area contributed by atoms with Crippen molar-refractivity contribution in [3.05, 3.63) is 70.3 Å². The third kappa shape index (κ3) is 4.72. The van der Waals surface area contributed by atoms with Crippen molar-refractivity contribution in [3.63, 3.8) is 0 Å². The smallest absolute Gasteiger partial charge is 0.251 e. The molecule has 1 aliphatic rings. The van der Waals surface area contributed by atoms with Gasteiger partial charge in [-0.1, -0.05) is 30.3 Å². The van der Waals surface area contributed by atoms with Crippen LogP contribution in [0.1, 0.15) is 52.4 Å². The maximum Gasteiger partial charge on any atom is 0.251 e. The van der Waals surface area contributed by atoms with E-state index < -0.39 is 0 Å². The van der Waals surface area contributed by atoms with Crippen LogP contribution in [-0.4, -0.2) is 18.4 Å². The Labute approximate surface area is 155 Å². The molecule has 0 fully saturated rings. The zero-order chi connectivity index (χ0) is 18.4. The molecule has 0 saturated heterocycles. The van der Waals surface area contributed by atoms with Gasteiger partial charge in [0.2, 0.25) is 5.91 Å². The largest absolute Gasteiger partial charge is 0.352 e. The van der Waals surface area contributed by atoms with Crippen LogP contribution >= 0.6 is 0 Å². The van der Waals surface area contributed by atoms with Crippen molar-refractivity contribution >= 4 is 11.8 Å². The first-order valence-electron chi connectivity index (χ1n) is 9.40. The van der Waals surface area contributed by atoms with Crippen LogP contribution in [0.4, 0.5) is 0 Å². The number of hydrogen-bond acceptors (Lipinski definition) is 2. The minimum atomic E-state index is -0.0736. The number of carbonyl (C=O) groups excluding carboxylic acids is 2. The number of hydrogen-bond donors (Lipinski definition) is 2. The molecule has 26 heavy (non-hydrogen) atoms. The van der Waals surface area contributed by atoms with Crippen molar-refractivity contribution in [2.75, 3.05) is 6.54 Å². The highest BCUT2D eigenvalue weighted by Gasteiger charge is 2.11. The zero-order valence-electron chi connectivity index (χ0n) is 15.3. The molecule has 0 aromatic heterocycles. The summed E-state index contributed by atoms with van der Waals surface area (Å²) in [6, 6.07) is 13.8. The van der Waals surface area contributed by atoms with Crippen LogP contribution in [0.15, 0.2) is 42.5 Å². The summed E-state index contributed by atoms with van der Waals surface area (Å²) in [4.78, 5) is 24.0. The van der Waals surface area contributed by atoms with E-state index in [1.165, 1.54) is 24.0 Å². The molecule has 4 nitrogen and oxygen atoms in total.